The lowest BCUT2D eigenvalue weighted by atomic mass is 9.98. The molecule has 0 saturated carbocycles. The molecule has 1 rings (SSSR count). The summed E-state index contributed by atoms with van der Waals surface area (Å²) >= 11 is 0. The predicted octanol–water partition coefficient (Wildman–Crippen LogP) is 3.13. The van der Waals surface area contributed by atoms with Gasteiger partial charge in [0.2, 0.25) is 0 Å². The van der Waals surface area contributed by atoms with Gasteiger partial charge in [-0.3, -0.25) is 0 Å². The maximum atomic E-state index is 9.77. The number of ether oxygens (including phenoxy) is 1. The van der Waals surface area contributed by atoms with Crippen LogP contribution in [0.2, 0.25) is 0 Å². The van der Waals surface area contributed by atoms with Gasteiger partial charge in [-0.15, -0.1) is 0 Å². The number of aliphatic hydroxyl groups excluding tert-OH is 1. The monoisotopic (exact) mass is 214 g/mol. The van der Waals surface area contributed by atoms with Gasteiger partial charge in [0.05, 0.1) is 12.2 Å². The second-order valence-corrected chi connectivity index (χ2v) is 5.19. The van der Waals surface area contributed by atoms with Crippen molar-refractivity contribution in [2.45, 2.75) is 71.0 Å². The van der Waals surface area contributed by atoms with Crippen molar-refractivity contribution >= 4 is 0 Å². The van der Waals surface area contributed by atoms with Gasteiger partial charge in [0.1, 0.15) is 0 Å². The quantitative estimate of drug-likeness (QED) is 0.736. The van der Waals surface area contributed by atoms with E-state index in [4.69, 9.17) is 4.74 Å². The summed E-state index contributed by atoms with van der Waals surface area (Å²) in [6.07, 6.45) is 8.05. The van der Waals surface area contributed by atoms with Crippen LogP contribution < -0.4 is 0 Å². The van der Waals surface area contributed by atoms with Crippen LogP contribution in [-0.2, 0) is 4.74 Å². The minimum Gasteiger partial charge on any atom is -0.393 e. The van der Waals surface area contributed by atoms with Crippen LogP contribution >= 0.6 is 0 Å². The summed E-state index contributed by atoms with van der Waals surface area (Å²) in [6, 6.07) is 0. The van der Waals surface area contributed by atoms with E-state index in [0.717, 1.165) is 32.3 Å². The molecule has 2 heteroatoms. The first-order valence-corrected chi connectivity index (χ1v) is 6.48. The van der Waals surface area contributed by atoms with Crippen molar-refractivity contribution in [3.05, 3.63) is 0 Å². The third-order valence-electron chi connectivity index (χ3n) is 3.17. The van der Waals surface area contributed by atoms with Gasteiger partial charge in [-0.2, -0.15) is 0 Å². The maximum absolute atomic E-state index is 9.77. The van der Waals surface area contributed by atoms with Gasteiger partial charge in [-0.05, 0) is 50.9 Å². The second kappa shape index (κ2) is 7.24. The number of aliphatic hydroxyl groups is 1. The van der Waals surface area contributed by atoms with Crippen molar-refractivity contribution in [3.63, 3.8) is 0 Å². The molecule has 1 N–H and O–H groups in total. The lowest BCUT2D eigenvalue weighted by molar-refractivity contribution is 0.00142. The molecule has 2 nitrogen and oxygen atoms in total. The summed E-state index contributed by atoms with van der Waals surface area (Å²) in [4.78, 5) is 0. The Morgan fingerprint density at radius 1 is 1.20 bits per heavy atom. The average molecular weight is 214 g/mol. The van der Waals surface area contributed by atoms with Crippen LogP contribution in [0.4, 0.5) is 0 Å². The highest BCUT2D eigenvalue weighted by Gasteiger charge is 2.15. The van der Waals surface area contributed by atoms with Crippen LogP contribution in [0.5, 0.6) is 0 Å². The summed E-state index contributed by atoms with van der Waals surface area (Å²) in [5, 5.41) is 9.77. The highest BCUT2D eigenvalue weighted by Crippen LogP contribution is 2.19. The fourth-order valence-corrected chi connectivity index (χ4v) is 2.08. The van der Waals surface area contributed by atoms with E-state index in [1.807, 2.05) is 0 Å². The summed E-state index contributed by atoms with van der Waals surface area (Å²) in [6.45, 7) is 5.33. The van der Waals surface area contributed by atoms with Crippen LogP contribution in [-0.4, -0.2) is 23.9 Å². The Labute approximate surface area is 94.0 Å². The van der Waals surface area contributed by atoms with Gasteiger partial charge in [-0.1, -0.05) is 13.8 Å². The van der Waals surface area contributed by atoms with Crippen LogP contribution in [0.25, 0.3) is 0 Å². The van der Waals surface area contributed by atoms with E-state index in [-0.39, 0.29) is 6.10 Å². The Hall–Kier alpha value is -0.0800. The molecule has 1 aliphatic rings. The normalized spacial score (nSPS) is 24.4. The van der Waals surface area contributed by atoms with E-state index >= 15 is 0 Å². The summed E-state index contributed by atoms with van der Waals surface area (Å²) in [5.74, 6) is 0.700. The second-order valence-electron chi connectivity index (χ2n) is 5.19. The molecule has 0 aromatic rings. The van der Waals surface area contributed by atoms with Gasteiger partial charge in [0, 0.05) is 6.61 Å². The fourth-order valence-electron chi connectivity index (χ4n) is 2.08. The first-order valence-electron chi connectivity index (χ1n) is 6.48. The summed E-state index contributed by atoms with van der Waals surface area (Å²) < 4.78 is 5.64. The van der Waals surface area contributed by atoms with E-state index in [2.05, 4.69) is 13.8 Å². The standard InChI is InChI=1S/C13H26O2/c1-11(2)6-7-12(14)8-9-13-5-3-4-10-15-13/h11-14H,3-10H2,1-2H3. The minimum atomic E-state index is -0.113. The SMILES string of the molecule is CC(C)CCC(O)CCC1CCCCO1. The molecular formula is C13H26O2. The van der Waals surface area contributed by atoms with Gasteiger partial charge >= 0.3 is 0 Å². The lowest BCUT2D eigenvalue weighted by Crippen LogP contribution is -2.21. The zero-order valence-electron chi connectivity index (χ0n) is 10.2. The van der Waals surface area contributed by atoms with E-state index in [1.165, 1.54) is 19.3 Å². The number of rotatable bonds is 6. The minimum absolute atomic E-state index is 0.113. The molecule has 15 heavy (non-hydrogen) atoms. The molecule has 0 aromatic heterocycles. The van der Waals surface area contributed by atoms with Crippen LogP contribution in [0.3, 0.4) is 0 Å². The van der Waals surface area contributed by atoms with Gasteiger partial charge in [0.15, 0.2) is 0 Å². The van der Waals surface area contributed by atoms with Crippen LogP contribution in [0.15, 0.2) is 0 Å². The molecular weight excluding hydrogens is 188 g/mol. The third kappa shape index (κ3) is 6.16. The average Bonchev–Trinajstić information content (AvgIpc) is 2.25. The molecule has 90 valence electrons. The smallest absolute Gasteiger partial charge is 0.0576 e. The Morgan fingerprint density at radius 3 is 2.60 bits per heavy atom. The largest absolute Gasteiger partial charge is 0.393 e. The first kappa shape index (κ1) is 13.0. The molecule has 1 heterocycles. The van der Waals surface area contributed by atoms with Crippen molar-refractivity contribution in [1.82, 2.24) is 0 Å². The van der Waals surface area contributed by atoms with Crippen molar-refractivity contribution < 1.29 is 9.84 Å². The summed E-state index contributed by atoms with van der Waals surface area (Å²) in [7, 11) is 0. The molecule has 1 fully saturated rings. The zero-order valence-corrected chi connectivity index (χ0v) is 10.2. The molecule has 1 aliphatic heterocycles. The van der Waals surface area contributed by atoms with Crippen LogP contribution in [0.1, 0.15) is 58.8 Å². The molecule has 0 spiro atoms. The highest BCUT2D eigenvalue weighted by atomic mass is 16.5. The first-order chi connectivity index (χ1) is 7.18. The summed E-state index contributed by atoms with van der Waals surface area (Å²) in [5.41, 5.74) is 0. The fraction of sp³-hybridized carbons (Fsp3) is 1.00. The Kier molecular flexibility index (Phi) is 6.26. The van der Waals surface area contributed by atoms with E-state index in [1.54, 1.807) is 0 Å². The highest BCUT2D eigenvalue weighted by molar-refractivity contribution is 4.67. The number of hydrogen-bond donors (Lipinski definition) is 1. The van der Waals surface area contributed by atoms with Gasteiger partial charge in [0.25, 0.3) is 0 Å². The van der Waals surface area contributed by atoms with Crippen molar-refractivity contribution in [1.29, 1.82) is 0 Å². The third-order valence-corrected chi connectivity index (χ3v) is 3.17. The molecule has 0 aromatic carbocycles. The molecule has 0 amide bonds. The molecule has 1 saturated heterocycles. The maximum Gasteiger partial charge on any atom is 0.0576 e. The van der Waals surface area contributed by atoms with E-state index < -0.39 is 0 Å². The van der Waals surface area contributed by atoms with E-state index in [9.17, 15) is 5.11 Å². The molecule has 0 radical (unpaired) electrons. The predicted molar refractivity (Wildman–Crippen MR) is 62.9 cm³/mol. The number of hydrogen-bond acceptors (Lipinski definition) is 2. The molecule has 2 unspecified atom stereocenters. The Morgan fingerprint density at radius 2 is 2.00 bits per heavy atom. The lowest BCUT2D eigenvalue weighted by Gasteiger charge is -2.23. The Balaban J connectivity index is 2.02. The van der Waals surface area contributed by atoms with Crippen LogP contribution in [0, 0.1) is 5.92 Å². The van der Waals surface area contributed by atoms with Crippen molar-refractivity contribution in [2.75, 3.05) is 6.61 Å². The zero-order chi connectivity index (χ0) is 11.1. The van der Waals surface area contributed by atoms with Crippen molar-refractivity contribution in [2.24, 2.45) is 5.92 Å². The molecule has 2 atom stereocenters. The van der Waals surface area contributed by atoms with Gasteiger partial charge in [-0.25, -0.2) is 0 Å². The van der Waals surface area contributed by atoms with Gasteiger partial charge < -0.3 is 9.84 Å². The molecule has 0 aliphatic carbocycles. The van der Waals surface area contributed by atoms with Crippen molar-refractivity contribution in [3.8, 4) is 0 Å². The van der Waals surface area contributed by atoms with E-state index in [0.29, 0.717) is 12.0 Å². The Bertz CT molecular complexity index is 151. The molecule has 0 bridgehead atoms. The topological polar surface area (TPSA) is 29.5 Å².